The molecule has 0 amide bonds. The van der Waals surface area contributed by atoms with Crippen LogP contribution in [0.3, 0.4) is 0 Å². The van der Waals surface area contributed by atoms with Gasteiger partial charge in [-0.3, -0.25) is 10.0 Å². The highest BCUT2D eigenvalue weighted by Gasteiger charge is 1.73. The van der Waals surface area contributed by atoms with Crippen molar-refractivity contribution in [3.05, 3.63) is 0 Å². The van der Waals surface area contributed by atoms with Crippen LogP contribution in [0.2, 0.25) is 0 Å². The van der Waals surface area contributed by atoms with Crippen molar-refractivity contribution in [3.63, 3.8) is 0 Å². The summed E-state index contributed by atoms with van der Waals surface area (Å²) in [5, 5.41) is 0. The molecule has 0 aliphatic heterocycles. The number of hydrogen-bond acceptors (Lipinski definition) is 0. The molecule has 0 spiro atoms. The number of halogens is 2. The van der Waals surface area contributed by atoms with E-state index < -0.39 is 0 Å². The maximum Gasteiger partial charge on any atom is 0.392 e. The van der Waals surface area contributed by atoms with Crippen LogP contribution >= 0.6 is 21.7 Å². The van der Waals surface area contributed by atoms with Gasteiger partial charge in [0.15, 0.2) is 0 Å². The zero-order valence-electron chi connectivity index (χ0n) is 2.17. The fourth-order valence-corrected chi connectivity index (χ4v) is 0. The first kappa shape index (κ1) is 5.11. The monoisotopic (exact) mass is 112 g/mol. The molecular formula is CH3AlCl2. The summed E-state index contributed by atoms with van der Waals surface area (Å²) in [6.45, 7) is 0. The Hall–Kier alpha value is 1.11. The lowest BCUT2D eigenvalue weighted by Gasteiger charge is -1.56. The van der Waals surface area contributed by atoms with Crippen molar-refractivity contribution in [2.45, 2.75) is 0 Å². The van der Waals surface area contributed by atoms with E-state index in [-0.39, 0.29) is 14.3 Å². The molecule has 24 valence electrons. The highest BCUT2D eigenvalue weighted by molar-refractivity contribution is 6.96. The van der Waals surface area contributed by atoms with E-state index in [1.807, 2.05) is 0 Å². The molecule has 0 aromatic rings. The van der Waals surface area contributed by atoms with Gasteiger partial charge in [0.2, 0.25) is 0 Å². The Bertz CT molecular complexity index is 8.00. The van der Waals surface area contributed by atoms with E-state index in [0.29, 0.717) is 4.74 Å². The summed E-state index contributed by atoms with van der Waals surface area (Å²) in [5.41, 5.74) is 0. The summed E-state index contributed by atoms with van der Waals surface area (Å²) in [4.78, 5) is 0. The average molecular weight is 113 g/mol. The van der Waals surface area contributed by atoms with E-state index in [1.165, 1.54) is 0 Å². The van der Waals surface area contributed by atoms with E-state index in [9.17, 15) is 0 Å². The van der Waals surface area contributed by atoms with Crippen LogP contribution in [0.25, 0.3) is 0 Å². The van der Waals surface area contributed by atoms with E-state index in [2.05, 4.69) is 0 Å². The van der Waals surface area contributed by atoms with Gasteiger partial charge in [-0.05, 0) is 4.74 Å². The second-order valence-corrected chi connectivity index (χ2v) is 3.40. The third kappa shape index (κ3) is 3.11. The molecule has 0 saturated heterocycles. The van der Waals surface area contributed by atoms with Gasteiger partial charge in [-0.15, -0.1) is 11.6 Å². The molecule has 0 bridgehead atoms. The van der Waals surface area contributed by atoms with Gasteiger partial charge in [-0.25, -0.2) is 0 Å². The molecule has 0 atom stereocenters. The highest BCUT2D eigenvalue weighted by Crippen LogP contribution is 1.70. The number of alkyl halides is 1. The lowest BCUT2D eigenvalue weighted by Crippen LogP contribution is -1.71. The van der Waals surface area contributed by atoms with E-state index in [0.717, 1.165) is 0 Å². The van der Waals surface area contributed by atoms with Crippen molar-refractivity contribution in [1.29, 1.82) is 0 Å². The minimum atomic E-state index is -0.338. The van der Waals surface area contributed by atoms with Crippen LogP contribution in [-0.4, -0.2) is 19.0 Å². The molecule has 0 aromatic carbocycles. The second kappa shape index (κ2) is 4.11. The first-order valence-electron chi connectivity index (χ1n) is 1.03. The van der Waals surface area contributed by atoms with Gasteiger partial charge < -0.3 is 0 Å². The Balaban J connectivity index is 1.97. The van der Waals surface area contributed by atoms with Crippen molar-refractivity contribution in [2.75, 3.05) is 4.74 Å². The Morgan fingerprint density at radius 3 is 2.00 bits per heavy atom. The van der Waals surface area contributed by atoms with E-state index in [1.54, 1.807) is 0 Å². The summed E-state index contributed by atoms with van der Waals surface area (Å²) in [5.74, 6) is 0. The number of rotatable bonds is 1. The molecule has 0 heterocycles. The van der Waals surface area contributed by atoms with Crippen LogP contribution in [0, 0.1) is 0 Å². The van der Waals surface area contributed by atoms with Crippen molar-refractivity contribution in [2.24, 2.45) is 0 Å². The Morgan fingerprint density at radius 2 is 2.00 bits per heavy atom. The van der Waals surface area contributed by atoms with Crippen LogP contribution in [0.1, 0.15) is 0 Å². The molecule has 0 nitrogen and oxygen atoms in total. The SMILES string of the molecule is Cl[CH2][AlH][Cl]. The lowest BCUT2D eigenvalue weighted by atomic mass is 11.9. The highest BCUT2D eigenvalue weighted by atomic mass is 35.6. The molecule has 0 aliphatic carbocycles. The van der Waals surface area contributed by atoms with E-state index >= 15 is 0 Å². The molecule has 0 saturated carbocycles. The third-order valence-electron chi connectivity index (χ3n) is 0.0714. The predicted octanol–water partition coefficient (Wildman–Crippen LogP) is 0.773. The van der Waals surface area contributed by atoms with Crippen LogP contribution in [0.15, 0.2) is 0 Å². The molecular weight excluding hydrogens is 110 g/mol. The minimum Gasteiger partial charge on any atom is -0.266 e. The summed E-state index contributed by atoms with van der Waals surface area (Å²) in [6.07, 6.45) is 0. The number of hydrogen-bond donors (Lipinski definition) is 0. The maximum absolute atomic E-state index is 5.19. The Kier molecular flexibility index (Phi) is 5.26. The summed E-state index contributed by atoms with van der Waals surface area (Å²) >= 11 is 4.78. The van der Waals surface area contributed by atoms with Crippen LogP contribution < -0.4 is 0 Å². The fourth-order valence-electron chi connectivity index (χ4n) is 0. The Labute approximate surface area is 41.0 Å². The van der Waals surface area contributed by atoms with Gasteiger partial charge in [0.25, 0.3) is 0 Å². The summed E-state index contributed by atoms with van der Waals surface area (Å²) in [6, 6.07) is 0. The largest absolute Gasteiger partial charge is 0.392 e. The lowest BCUT2D eigenvalue weighted by molar-refractivity contribution is 2.18. The van der Waals surface area contributed by atoms with Crippen molar-refractivity contribution in [1.82, 2.24) is 0 Å². The maximum atomic E-state index is 5.19. The van der Waals surface area contributed by atoms with Crippen LogP contribution in [0.4, 0.5) is 0 Å². The van der Waals surface area contributed by atoms with Crippen LogP contribution in [-0.2, 0) is 0 Å². The molecule has 0 fully saturated rings. The fraction of sp³-hybridized carbons (Fsp3) is 1.00. The van der Waals surface area contributed by atoms with Crippen molar-refractivity contribution >= 4 is 35.9 Å². The first-order chi connectivity index (χ1) is 1.91. The van der Waals surface area contributed by atoms with Crippen molar-refractivity contribution in [3.8, 4) is 0 Å². The molecule has 0 rings (SSSR count). The van der Waals surface area contributed by atoms with E-state index in [4.69, 9.17) is 21.7 Å². The molecule has 4 heavy (non-hydrogen) atoms. The molecule has 0 unspecified atom stereocenters. The van der Waals surface area contributed by atoms with Gasteiger partial charge in [0.1, 0.15) is 0 Å². The quantitative estimate of drug-likeness (QED) is 0.348. The topological polar surface area (TPSA) is 0 Å². The first-order valence-corrected chi connectivity index (χ1v) is 4.71. The second-order valence-electron chi connectivity index (χ2n) is 0.378. The molecule has 0 radical (unpaired) electrons. The van der Waals surface area contributed by atoms with Gasteiger partial charge in [-0.2, -0.15) is 0 Å². The smallest absolute Gasteiger partial charge is 0.266 e. The Morgan fingerprint density at radius 1 is 1.75 bits per heavy atom. The van der Waals surface area contributed by atoms with Gasteiger partial charge in [-0.1, -0.05) is 0 Å². The molecule has 0 N–H and O–H groups in total. The summed E-state index contributed by atoms with van der Waals surface area (Å²) in [7, 11) is 5.19. The normalized spacial score (nSPS) is 6.50. The zero-order chi connectivity index (χ0) is 3.41. The third-order valence-corrected chi connectivity index (χ3v) is 1.93. The van der Waals surface area contributed by atoms with Gasteiger partial charge in [0, 0.05) is 0 Å². The molecule has 3 heteroatoms. The van der Waals surface area contributed by atoms with Gasteiger partial charge >= 0.3 is 14.3 Å². The molecule has 0 aliphatic rings. The molecule has 0 aromatic heterocycles. The predicted molar refractivity (Wildman–Crippen MR) is 23.7 cm³/mol. The zero-order valence-corrected chi connectivity index (χ0v) is 5.10. The van der Waals surface area contributed by atoms with Crippen LogP contribution in [0.5, 0.6) is 0 Å². The summed E-state index contributed by atoms with van der Waals surface area (Å²) < 4.78 is 0.696. The minimum absolute atomic E-state index is 0.338. The average Bonchev–Trinajstić information content (AvgIpc) is 1.37. The van der Waals surface area contributed by atoms with Gasteiger partial charge in [0.05, 0.1) is 0 Å². The standard InChI is InChI=1S/CH2Cl.Al.ClH.H/c1-2;;;/h1H2;;1H;/q;+1;;/p-1. The van der Waals surface area contributed by atoms with Crippen molar-refractivity contribution < 1.29 is 0 Å².